The third-order valence-electron chi connectivity index (χ3n) is 2.03. The number of ether oxygens (including phenoxy) is 1. The van der Waals surface area contributed by atoms with Crippen LogP contribution in [0.25, 0.3) is 6.08 Å². The highest BCUT2D eigenvalue weighted by molar-refractivity contribution is 5.88. The zero-order valence-corrected chi connectivity index (χ0v) is 7.51. The lowest BCUT2D eigenvalue weighted by molar-refractivity contribution is -0.142. The van der Waals surface area contributed by atoms with Crippen molar-refractivity contribution in [3.63, 3.8) is 0 Å². The minimum absolute atomic E-state index is 0.208. The number of carbonyl (C=O) groups is 1. The normalized spacial score (nSPS) is 22.7. The number of benzene rings is 1. The van der Waals surface area contributed by atoms with Crippen LogP contribution in [0.4, 0.5) is 4.39 Å². The Hall–Kier alpha value is -2.04. The molecule has 1 atom stereocenters. The minimum Gasteiger partial charge on any atom is -0.446 e. The van der Waals surface area contributed by atoms with Crippen LogP contribution >= 0.6 is 0 Å². The van der Waals surface area contributed by atoms with E-state index in [0.29, 0.717) is 5.56 Å². The van der Waals surface area contributed by atoms with Crippen LogP contribution in [0, 0.1) is 4.91 Å². The molecule has 1 aliphatic rings. The van der Waals surface area contributed by atoms with Crippen molar-refractivity contribution in [2.75, 3.05) is 0 Å². The molecule has 5 heteroatoms. The lowest BCUT2D eigenvalue weighted by Crippen LogP contribution is -2.38. The molecule has 0 N–H and O–H groups in total. The summed E-state index contributed by atoms with van der Waals surface area (Å²) in [6.07, 6.45) is 2.25. The molecule has 0 saturated carbocycles. The molecule has 0 aliphatic carbocycles. The Morgan fingerprint density at radius 2 is 2.13 bits per heavy atom. The summed E-state index contributed by atoms with van der Waals surface area (Å²) in [7, 11) is 0. The van der Waals surface area contributed by atoms with Crippen LogP contribution in [0.2, 0.25) is 0 Å². The molecular formula is C10H6FNO3. The van der Waals surface area contributed by atoms with Gasteiger partial charge in [-0.25, -0.2) is 0 Å². The molecule has 1 aromatic rings. The fourth-order valence-electron chi connectivity index (χ4n) is 1.28. The average Bonchev–Trinajstić information content (AvgIpc) is 2.27. The van der Waals surface area contributed by atoms with E-state index in [9.17, 15) is 14.1 Å². The summed E-state index contributed by atoms with van der Waals surface area (Å²) in [5.41, 5.74) is 0.643. The molecule has 15 heavy (non-hydrogen) atoms. The van der Waals surface area contributed by atoms with Gasteiger partial charge in [-0.15, -0.1) is 4.91 Å². The van der Waals surface area contributed by atoms with Gasteiger partial charge in [0.15, 0.2) is 0 Å². The van der Waals surface area contributed by atoms with E-state index in [1.807, 2.05) is 5.18 Å². The highest BCUT2D eigenvalue weighted by Crippen LogP contribution is 2.32. The molecule has 0 bridgehead atoms. The van der Waals surface area contributed by atoms with E-state index in [1.165, 1.54) is 12.1 Å². The van der Waals surface area contributed by atoms with Crippen molar-refractivity contribution >= 4 is 12.0 Å². The molecule has 1 amide bonds. The number of amides is 1. The SMILES string of the molecule is O=NC(=O)C1(F)C=Cc2ccccc2O1. The number of nitrogens with zero attached hydrogens (tertiary/aromatic N) is 1. The Kier molecular flexibility index (Phi) is 2.07. The van der Waals surface area contributed by atoms with Crippen molar-refractivity contribution in [1.29, 1.82) is 0 Å². The molecule has 1 aromatic carbocycles. The van der Waals surface area contributed by atoms with Gasteiger partial charge in [-0.05, 0) is 12.1 Å². The summed E-state index contributed by atoms with van der Waals surface area (Å²) in [6.45, 7) is 0. The van der Waals surface area contributed by atoms with Crippen LogP contribution in [-0.4, -0.2) is 11.8 Å². The summed E-state index contributed by atoms with van der Waals surface area (Å²) >= 11 is 0. The quantitative estimate of drug-likeness (QED) is 0.662. The number of nitroso groups, excluding NO2 is 1. The van der Waals surface area contributed by atoms with E-state index in [0.717, 1.165) is 6.08 Å². The first-order chi connectivity index (χ1) is 7.15. The number of para-hydroxylation sites is 1. The molecule has 0 fully saturated rings. The first-order valence-electron chi connectivity index (χ1n) is 4.20. The number of hydrogen-bond donors (Lipinski definition) is 0. The fraction of sp³-hybridized carbons (Fsp3) is 0.100. The van der Waals surface area contributed by atoms with E-state index in [4.69, 9.17) is 4.74 Å². The molecule has 0 saturated heterocycles. The molecular weight excluding hydrogens is 201 g/mol. The van der Waals surface area contributed by atoms with Gasteiger partial charge < -0.3 is 4.74 Å². The largest absolute Gasteiger partial charge is 0.446 e. The van der Waals surface area contributed by atoms with Gasteiger partial charge in [0.25, 0.3) is 0 Å². The van der Waals surface area contributed by atoms with Gasteiger partial charge in [-0.2, -0.15) is 4.39 Å². The maximum Gasteiger partial charge on any atom is 0.366 e. The molecule has 1 unspecified atom stereocenters. The number of carbonyl (C=O) groups excluding carboxylic acids is 1. The van der Waals surface area contributed by atoms with Gasteiger partial charge in [0, 0.05) is 16.8 Å². The van der Waals surface area contributed by atoms with Gasteiger partial charge in [0.05, 0.1) is 0 Å². The van der Waals surface area contributed by atoms with Gasteiger partial charge in [0.2, 0.25) is 0 Å². The summed E-state index contributed by atoms with van der Waals surface area (Å²) < 4.78 is 18.5. The van der Waals surface area contributed by atoms with Gasteiger partial charge in [-0.1, -0.05) is 18.2 Å². The molecule has 2 rings (SSSR count). The van der Waals surface area contributed by atoms with Crippen LogP contribution in [0.1, 0.15) is 5.56 Å². The van der Waals surface area contributed by atoms with Crippen molar-refractivity contribution in [2.45, 2.75) is 5.85 Å². The van der Waals surface area contributed by atoms with Crippen LogP contribution in [0.3, 0.4) is 0 Å². The summed E-state index contributed by atoms with van der Waals surface area (Å²) in [5, 5.41) is 2.02. The molecule has 1 heterocycles. The second-order valence-corrected chi connectivity index (χ2v) is 3.01. The molecule has 1 aliphatic heterocycles. The second-order valence-electron chi connectivity index (χ2n) is 3.01. The predicted octanol–water partition coefficient (Wildman–Crippen LogP) is 2.05. The monoisotopic (exact) mass is 207 g/mol. The molecule has 0 aromatic heterocycles. The third-order valence-corrected chi connectivity index (χ3v) is 2.03. The van der Waals surface area contributed by atoms with Crippen LogP contribution < -0.4 is 4.74 Å². The Morgan fingerprint density at radius 1 is 1.40 bits per heavy atom. The summed E-state index contributed by atoms with van der Waals surface area (Å²) in [4.78, 5) is 20.8. The Morgan fingerprint density at radius 3 is 2.87 bits per heavy atom. The van der Waals surface area contributed by atoms with E-state index >= 15 is 0 Å². The van der Waals surface area contributed by atoms with Crippen molar-refractivity contribution in [1.82, 2.24) is 0 Å². The zero-order chi connectivity index (χ0) is 10.9. The fourth-order valence-corrected chi connectivity index (χ4v) is 1.28. The van der Waals surface area contributed by atoms with E-state index in [2.05, 4.69) is 0 Å². The molecule has 76 valence electrons. The number of alkyl halides is 1. The first kappa shape index (κ1) is 9.51. The molecule has 4 nitrogen and oxygen atoms in total. The van der Waals surface area contributed by atoms with Gasteiger partial charge >= 0.3 is 11.8 Å². The lowest BCUT2D eigenvalue weighted by atomic mass is 10.1. The average molecular weight is 207 g/mol. The van der Waals surface area contributed by atoms with Crippen molar-refractivity contribution in [3.05, 3.63) is 40.8 Å². The number of halogens is 1. The standard InChI is InChI=1S/C10H6FNO3/c11-10(9(13)12-14)6-5-7-3-1-2-4-8(7)15-10/h1-6H. The van der Waals surface area contributed by atoms with Crippen molar-refractivity contribution < 1.29 is 13.9 Å². The van der Waals surface area contributed by atoms with E-state index < -0.39 is 11.8 Å². The Bertz CT molecular complexity index is 458. The number of fused-ring (bicyclic) bond motifs is 1. The van der Waals surface area contributed by atoms with Crippen molar-refractivity contribution in [3.8, 4) is 5.75 Å². The minimum atomic E-state index is -2.77. The predicted molar refractivity (Wildman–Crippen MR) is 50.7 cm³/mol. The Labute approximate surface area is 84.3 Å². The first-order valence-corrected chi connectivity index (χ1v) is 4.20. The van der Waals surface area contributed by atoms with Gasteiger partial charge in [0.1, 0.15) is 5.75 Å². The van der Waals surface area contributed by atoms with Gasteiger partial charge in [-0.3, -0.25) is 4.79 Å². The van der Waals surface area contributed by atoms with E-state index in [1.54, 1.807) is 18.2 Å². The smallest absolute Gasteiger partial charge is 0.366 e. The summed E-state index contributed by atoms with van der Waals surface area (Å²) in [6, 6.07) is 6.59. The van der Waals surface area contributed by atoms with Crippen LogP contribution in [0.5, 0.6) is 5.75 Å². The van der Waals surface area contributed by atoms with Crippen LogP contribution in [-0.2, 0) is 4.79 Å². The molecule has 0 spiro atoms. The maximum absolute atomic E-state index is 13.7. The maximum atomic E-state index is 13.7. The highest BCUT2D eigenvalue weighted by atomic mass is 19.2. The van der Waals surface area contributed by atoms with Crippen LogP contribution in [0.15, 0.2) is 35.5 Å². The highest BCUT2D eigenvalue weighted by Gasteiger charge is 2.42. The molecule has 0 radical (unpaired) electrons. The third kappa shape index (κ3) is 1.52. The number of rotatable bonds is 1. The van der Waals surface area contributed by atoms with Crippen molar-refractivity contribution in [2.24, 2.45) is 5.18 Å². The number of hydrogen-bond acceptors (Lipinski definition) is 3. The second kappa shape index (κ2) is 3.27. The Balaban J connectivity index is 2.41. The summed E-state index contributed by atoms with van der Waals surface area (Å²) in [5.74, 6) is -4.05. The zero-order valence-electron chi connectivity index (χ0n) is 7.51. The topological polar surface area (TPSA) is 55.7 Å². The lowest BCUT2D eigenvalue weighted by Gasteiger charge is -2.23. The van der Waals surface area contributed by atoms with E-state index in [-0.39, 0.29) is 5.75 Å².